The molecule has 1 unspecified atom stereocenters. The molecule has 0 bridgehead atoms. The van der Waals surface area contributed by atoms with Crippen LogP contribution in [0.1, 0.15) is 31.2 Å². The SMILES string of the molecule is CS(=O)(=O)N1CC(NC(=O)CCCc2ccccc2)C(=O)NC2(CCOCC2)C1. The largest absolute Gasteiger partial charge is 0.381 e. The molecule has 160 valence electrons. The molecule has 3 rings (SSSR count). The molecule has 2 amide bonds. The molecule has 1 aromatic rings. The monoisotopic (exact) mass is 423 g/mol. The van der Waals surface area contributed by atoms with E-state index in [2.05, 4.69) is 10.6 Å². The number of benzene rings is 1. The van der Waals surface area contributed by atoms with Crippen molar-refractivity contribution in [2.24, 2.45) is 0 Å². The molecule has 0 aromatic heterocycles. The third-order valence-electron chi connectivity index (χ3n) is 5.54. The molecule has 2 aliphatic rings. The molecule has 29 heavy (non-hydrogen) atoms. The van der Waals surface area contributed by atoms with Gasteiger partial charge in [-0.25, -0.2) is 8.42 Å². The molecule has 2 aliphatic heterocycles. The molecule has 2 saturated heterocycles. The summed E-state index contributed by atoms with van der Waals surface area (Å²) in [5.41, 5.74) is 0.503. The van der Waals surface area contributed by atoms with Crippen LogP contribution in [0.25, 0.3) is 0 Å². The molecule has 2 N–H and O–H groups in total. The molecular formula is C20H29N3O5S. The van der Waals surface area contributed by atoms with Crippen molar-refractivity contribution in [3.8, 4) is 0 Å². The fraction of sp³-hybridized carbons (Fsp3) is 0.600. The van der Waals surface area contributed by atoms with E-state index in [-0.39, 0.29) is 31.3 Å². The number of nitrogens with zero attached hydrogens (tertiary/aromatic N) is 1. The van der Waals surface area contributed by atoms with E-state index in [1.165, 1.54) is 4.31 Å². The van der Waals surface area contributed by atoms with Crippen molar-refractivity contribution in [1.82, 2.24) is 14.9 Å². The second-order valence-electron chi connectivity index (χ2n) is 7.90. The topological polar surface area (TPSA) is 105 Å². The molecule has 1 atom stereocenters. The summed E-state index contributed by atoms with van der Waals surface area (Å²) in [6, 6.07) is 8.96. The molecule has 0 saturated carbocycles. The van der Waals surface area contributed by atoms with Crippen molar-refractivity contribution in [2.45, 2.75) is 43.7 Å². The van der Waals surface area contributed by atoms with E-state index in [0.29, 0.717) is 32.5 Å². The quantitative estimate of drug-likeness (QED) is 0.691. The van der Waals surface area contributed by atoms with Crippen LogP contribution in [0.2, 0.25) is 0 Å². The Kier molecular flexibility index (Phi) is 6.92. The van der Waals surface area contributed by atoms with Crippen molar-refractivity contribution in [3.63, 3.8) is 0 Å². The molecule has 1 aromatic carbocycles. The molecular weight excluding hydrogens is 394 g/mol. The van der Waals surface area contributed by atoms with Gasteiger partial charge in [0.05, 0.1) is 11.8 Å². The predicted octanol–water partition coefficient (Wildman–Crippen LogP) is 0.435. The molecule has 2 fully saturated rings. The van der Waals surface area contributed by atoms with Crippen molar-refractivity contribution < 1.29 is 22.7 Å². The van der Waals surface area contributed by atoms with Gasteiger partial charge in [0.2, 0.25) is 21.8 Å². The number of hydrogen-bond donors (Lipinski definition) is 2. The van der Waals surface area contributed by atoms with E-state index < -0.39 is 21.6 Å². The average Bonchev–Trinajstić information content (AvgIpc) is 2.80. The Labute approximate surface area is 172 Å². The summed E-state index contributed by atoms with van der Waals surface area (Å²) in [7, 11) is -3.52. The van der Waals surface area contributed by atoms with Gasteiger partial charge in [0, 0.05) is 32.7 Å². The summed E-state index contributed by atoms with van der Waals surface area (Å²) in [6.07, 6.45) is 3.92. The number of rotatable bonds is 6. The van der Waals surface area contributed by atoms with Crippen LogP contribution in [0.4, 0.5) is 0 Å². The van der Waals surface area contributed by atoms with Gasteiger partial charge in [0.25, 0.3) is 0 Å². The van der Waals surface area contributed by atoms with E-state index in [4.69, 9.17) is 4.74 Å². The Morgan fingerprint density at radius 2 is 1.97 bits per heavy atom. The number of carbonyl (C=O) groups is 2. The van der Waals surface area contributed by atoms with Crippen LogP contribution in [-0.2, 0) is 30.8 Å². The van der Waals surface area contributed by atoms with Gasteiger partial charge in [0.15, 0.2) is 0 Å². The van der Waals surface area contributed by atoms with Crippen LogP contribution >= 0.6 is 0 Å². The highest BCUT2D eigenvalue weighted by atomic mass is 32.2. The van der Waals surface area contributed by atoms with Crippen LogP contribution in [0, 0.1) is 0 Å². The van der Waals surface area contributed by atoms with Crippen LogP contribution < -0.4 is 10.6 Å². The first kappa shape index (κ1) is 21.7. The summed E-state index contributed by atoms with van der Waals surface area (Å²) in [5.74, 6) is -0.591. The zero-order chi connectivity index (χ0) is 20.9. The summed E-state index contributed by atoms with van der Waals surface area (Å²) in [5, 5.41) is 5.72. The molecule has 2 heterocycles. The molecule has 0 radical (unpaired) electrons. The van der Waals surface area contributed by atoms with E-state index >= 15 is 0 Å². The first-order valence-corrected chi connectivity index (χ1v) is 11.8. The van der Waals surface area contributed by atoms with Crippen LogP contribution in [0.3, 0.4) is 0 Å². The number of aryl methyl sites for hydroxylation is 1. The highest BCUT2D eigenvalue weighted by molar-refractivity contribution is 7.88. The zero-order valence-corrected chi connectivity index (χ0v) is 17.5. The number of carbonyl (C=O) groups excluding carboxylic acids is 2. The van der Waals surface area contributed by atoms with Crippen molar-refractivity contribution in [2.75, 3.05) is 32.6 Å². The maximum Gasteiger partial charge on any atom is 0.244 e. The minimum Gasteiger partial charge on any atom is -0.381 e. The van der Waals surface area contributed by atoms with Crippen LogP contribution in [-0.4, -0.2) is 68.7 Å². The highest BCUT2D eigenvalue weighted by Gasteiger charge is 2.43. The van der Waals surface area contributed by atoms with Crippen molar-refractivity contribution >= 4 is 21.8 Å². The van der Waals surface area contributed by atoms with Gasteiger partial charge in [-0.2, -0.15) is 4.31 Å². The second kappa shape index (κ2) is 9.23. The number of sulfonamides is 1. The van der Waals surface area contributed by atoms with Gasteiger partial charge in [-0.1, -0.05) is 30.3 Å². The number of hydrogen-bond acceptors (Lipinski definition) is 5. The zero-order valence-electron chi connectivity index (χ0n) is 16.7. The highest BCUT2D eigenvalue weighted by Crippen LogP contribution is 2.25. The maximum absolute atomic E-state index is 12.8. The standard InChI is InChI=1S/C20H29N3O5S/c1-29(26,27)23-14-17(19(25)22-20(15-23)10-12-28-13-11-20)21-18(24)9-5-8-16-6-3-2-4-7-16/h2-4,6-7,17H,5,8-15H2,1H3,(H,21,24)(H,22,25). The van der Waals surface area contributed by atoms with E-state index in [9.17, 15) is 18.0 Å². The lowest BCUT2D eigenvalue weighted by Gasteiger charge is -2.38. The minimum absolute atomic E-state index is 0.0578. The van der Waals surface area contributed by atoms with Crippen molar-refractivity contribution in [3.05, 3.63) is 35.9 Å². The fourth-order valence-electron chi connectivity index (χ4n) is 3.85. The number of amides is 2. The molecule has 1 spiro atoms. The Bertz CT molecular complexity index is 822. The summed E-state index contributed by atoms with van der Waals surface area (Å²) >= 11 is 0. The van der Waals surface area contributed by atoms with Crippen molar-refractivity contribution in [1.29, 1.82) is 0 Å². The van der Waals surface area contributed by atoms with Gasteiger partial charge < -0.3 is 15.4 Å². The van der Waals surface area contributed by atoms with Gasteiger partial charge in [0.1, 0.15) is 6.04 Å². The summed E-state index contributed by atoms with van der Waals surface area (Å²) in [4.78, 5) is 25.2. The van der Waals surface area contributed by atoms with Crippen LogP contribution in [0.5, 0.6) is 0 Å². The van der Waals surface area contributed by atoms with Gasteiger partial charge in [-0.05, 0) is 31.2 Å². The Morgan fingerprint density at radius 3 is 2.62 bits per heavy atom. The smallest absolute Gasteiger partial charge is 0.244 e. The third kappa shape index (κ3) is 6.01. The number of nitrogens with one attached hydrogen (secondary N) is 2. The van der Waals surface area contributed by atoms with Gasteiger partial charge in [-0.15, -0.1) is 0 Å². The normalized spacial score (nSPS) is 22.7. The first-order valence-electron chi connectivity index (χ1n) is 9.96. The van der Waals surface area contributed by atoms with E-state index in [1.54, 1.807) is 0 Å². The maximum atomic E-state index is 12.8. The average molecular weight is 424 g/mol. The Morgan fingerprint density at radius 1 is 1.28 bits per heavy atom. The predicted molar refractivity (Wildman–Crippen MR) is 109 cm³/mol. The Balaban J connectivity index is 1.62. The van der Waals surface area contributed by atoms with E-state index in [1.807, 2.05) is 30.3 Å². The fourth-order valence-corrected chi connectivity index (χ4v) is 4.75. The van der Waals surface area contributed by atoms with Gasteiger partial charge in [-0.3, -0.25) is 9.59 Å². The first-order chi connectivity index (χ1) is 13.8. The lowest BCUT2D eigenvalue weighted by Crippen LogP contribution is -2.57. The lowest BCUT2D eigenvalue weighted by molar-refractivity contribution is -0.130. The third-order valence-corrected chi connectivity index (χ3v) is 6.75. The summed E-state index contributed by atoms with van der Waals surface area (Å²) in [6.45, 7) is 1.07. The Hall–Kier alpha value is -1.97. The van der Waals surface area contributed by atoms with Crippen LogP contribution in [0.15, 0.2) is 30.3 Å². The second-order valence-corrected chi connectivity index (χ2v) is 9.88. The molecule has 9 heteroatoms. The lowest BCUT2D eigenvalue weighted by atomic mass is 9.90. The molecule has 0 aliphatic carbocycles. The van der Waals surface area contributed by atoms with E-state index in [0.717, 1.165) is 18.2 Å². The van der Waals surface area contributed by atoms with Gasteiger partial charge >= 0.3 is 0 Å². The molecule has 8 nitrogen and oxygen atoms in total. The minimum atomic E-state index is -3.52. The summed E-state index contributed by atoms with van der Waals surface area (Å²) < 4.78 is 31.2. The number of ether oxygens (including phenoxy) is 1.